The fraction of sp³-hybridized carbons (Fsp3) is 0.348. The maximum absolute atomic E-state index is 13.0. The van der Waals surface area contributed by atoms with Crippen molar-refractivity contribution in [3.05, 3.63) is 65.7 Å². The van der Waals surface area contributed by atoms with Crippen LogP contribution in [-0.2, 0) is 27.2 Å². The Labute approximate surface area is 181 Å². The van der Waals surface area contributed by atoms with Crippen LogP contribution in [0.25, 0.3) is 0 Å². The maximum atomic E-state index is 13.0. The lowest BCUT2D eigenvalue weighted by atomic mass is 10.0. The number of rotatable bonds is 10. The molecular formula is C23H29N3O5. The Morgan fingerprint density at radius 3 is 1.90 bits per heavy atom. The molecule has 6 N–H and O–H groups in total. The molecule has 0 fully saturated rings. The van der Waals surface area contributed by atoms with E-state index in [1.54, 1.807) is 50.2 Å². The molecule has 0 spiro atoms. The van der Waals surface area contributed by atoms with Crippen molar-refractivity contribution in [1.29, 1.82) is 0 Å². The highest BCUT2D eigenvalue weighted by Gasteiger charge is 2.29. The topological polar surface area (TPSA) is 142 Å². The molecule has 0 saturated heterocycles. The zero-order valence-electron chi connectivity index (χ0n) is 17.6. The van der Waals surface area contributed by atoms with Crippen molar-refractivity contribution in [2.75, 3.05) is 0 Å². The van der Waals surface area contributed by atoms with Crippen molar-refractivity contribution in [1.82, 2.24) is 10.6 Å². The molecule has 2 aromatic rings. The molecule has 8 nitrogen and oxygen atoms in total. The Morgan fingerprint density at radius 2 is 1.35 bits per heavy atom. The molecule has 0 aliphatic carbocycles. The Kier molecular flexibility index (Phi) is 8.57. The molecule has 0 aromatic heterocycles. The Balaban J connectivity index is 2.18. The number of hydrogen-bond acceptors (Lipinski definition) is 5. The van der Waals surface area contributed by atoms with Gasteiger partial charge in [0.1, 0.15) is 17.8 Å². The van der Waals surface area contributed by atoms with E-state index in [4.69, 9.17) is 5.73 Å². The number of amides is 2. The average Bonchev–Trinajstić information content (AvgIpc) is 2.74. The Bertz CT molecular complexity index is 884. The fourth-order valence-electron chi connectivity index (χ4n) is 2.97. The predicted molar refractivity (Wildman–Crippen MR) is 116 cm³/mol. The van der Waals surface area contributed by atoms with Gasteiger partial charge in [0.15, 0.2) is 0 Å². The fourth-order valence-corrected chi connectivity index (χ4v) is 2.97. The third kappa shape index (κ3) is 7.42. The summed E-state index contributed by atoms with van der Waals surface area (Å²) in [6.07, 6.45) is 0.216. The highest BCUT2D eigenvalue weighted by Crippen LogP contribution is 2.12. The molecule has 0 radical (unpaired) electrons. The van der Waals surface area contributed by atoms with Crippen LogP contribution in [0, 0.1) is 5.92 Å². The smallest absolute Gasteiger partial charge is 0.326 e. The molecule has 3 unspecified atom stereocenters. The zero-order valence-corrected chi connectivity index (χ0v) is 17.6. The molecule has 2 aromatic carbocycles. The SMILES string of the molecule is CC(C)C(N)C(=O)NC(Cc1ccc(O)cc1)C(=O)NC(Cc1ccccc1)C(=O)O. The Hall–Kier alpha value is -3.39. The lowest BCUT2D eigenvalue weighted by molar-refractivity contribution is -0.142. The second-order valence-corrected chi connectivity index (χ2v) is 7.79. The van der Waals surface area contributed by atoms with Gasteiger partial charge in [-0.05, 0) is 29.2 Å². The summed E-state index contributed by atoms with van der Waals surface area (Å²) >= 11 is 0. The van der Waals surface area contributed by atoms with Gasteiger partial charge in [0, 0.05) is 12.8 Å². The van der Waals surface area contributed by atoms with Crippen LogP contribution in [0.3, 0.4) is 0 Å². The lowest BCUT2D eigenvalue weighted by Gasteiger charge is -2.24. The third-order valence-corrected chi connectivity index (χ3v) is 4.93. The molecule has 166 valence electrons. The summed E-state index contributed by atoms with van der Waals surface area (Å²) in [5.74, 6) is -2.36. The number of aromatic hydroxyl groups is 1. The second kappa shape index (κ2) is 11.1. The molecule has 31 heavy (non-hydrogen) atoms. The normalized spacial score (nSPS) is 13.8. The van der Waals surface area contributed by atoms with Crippen LogP contribution in [0.2, 0.25) is 0 Å². The summed E-state index contributed by atoms with van der Waals surface area (Å²) in [4.78, 5) is 37.2. The molecular weight excluding hydrogens is 398 g/mol. The summed E-state index contributed by atoms with van der Waals surface area (Å²) in [6.45, 7) is 3.58. The van der Waals surface area contributed by atoms with E-state index in [1.165, 1.54) is 12.1 Å². The number of aliphatic carboxylic acids is 1. The number of hydrogen-bond donors (Lipinski definition) is 5. The number of benzene rings is 2. The minimum Gasteiger partial charge on any atom is -0.508 e. The van der Waals surface area contributed by atoms with Gasteiger partial charge in [-0.2, -0.15) is 0 Å². The molecule has 0 aliphatic heterocycles. The molecule has 8 heteroatoms. The summed E-state index contributed by atoms with van der Waals surface area (Å²) in [5, 5.41) is 24.2. The molecule has 3 atom stereocenters. The van der Waals surface area contributed by atoms with Crippen LogP contribution >= 0.6 is 0 Å². The molecule has 0 heterocycles. The number of carboxylic acids is 1. The predicted octanol–water partition coefficient (Wildman–Crippen LogP) is 1.21. The third-order valence-electron chi connectivity index (χ3n) is 4.93. The van der Waals surface area contributed by atoms with E-state index < -0.39 is 35.9 Å². The van der Waals surface area contributed by atoms with E-state index in [9.17, 15) is 24.6 Å². The van der Waals surface area contributed by atoms with Crippen LogP contribution < -0.4 is 16.4 Å². The lowest BCUT2D eigenvalue weighted by Crippen LogP contribution is -2.56. The number of phenols is 1. The van der Waals surface area contributed by atoms with Gasteiger partial charge in [-0.3, -0.25) is 9.59 Å². The number of carbonyl (C=O) groups excluding carboxylic acids is 2. The number of nitrogens with one attached hydrogen (secondary N) is 2. The van der Waals surface area contributed by atoms with E-state index >= 15 is 0 Å². The van der Waals surface area contributed by atoms with Crippen molar-refractivity contribution >= 4 is 17.8 Å². The van der Waals surface area contributed by atoms with Gasteiger partial charge in [-0.25, -0.2) is 4.79 Å². The van der Waals surface area contributed by atoms with Crippen molar-refractivity contribution in [2.24, 2.45) is 11.7 Å². The first-order chi connectivity index (χ1) is 14.7. The van der Waals surface area contributed by atoms with Crippen LogP contribution in [0.5, 0.6) is 5.75 Å². The minimum atomic E-state index is -1.18. The Morgan fingerprint density at radius 1 is 0.839 bits per heavy atom. The largest absolute Gasteiger partial charge is 0.508 e. The van der Waals surface area contributed by atoms with E-state index in [1.807, 2.05) is 6.07 Å². The molecule has 0 saturated carbocycles. The molecule has 2 amide bonds. The van der Waals surface area contributed by atoms with Gasteiger partial charge in [0.05, 0.1) is 6.04 Å². The van der Waals surface area contributed by atoms with Gasteiger partial charge in [0.25, 0.3) is 0 Å². The summed E-state index contributed by atoms with van der Waals surface area (Å²) < 4.78 is 0. The molecule has 2 rings (SSSR count). The molecule has 0 aliphatic rings. The standard InChI is InChI=1S/C23H29N3O5/c1-14(2)20(24)22(29)25-18(12-16-8-10-17(27)11-9-16)21(28)26-19(23(30)31)13-15-6-4-3-5-7-15/h3-11,14,18-20,27H,12-13,24H2,1-2H3,(H,25,29)(H,26,28)(H,30,31). The first-order valence-corrected chi connectivity index (χ1v) is 10.1. The van der Waals surface area contributed by atoms with Gasteiger partial charge >= 0.3 is 5.97 Å². The van der Waals surface area contributed by atoms with Crippen molar-refractivity contribution < 1.29 is 24.6 Å². The maximum Gasteiger partial charge on any atom is 0.326 e. The minimum absolute atomic E-state index is 0.0735. The summed E-state index contributed by atoms with van der Waals surface area (Å²) in [6, 6.07) is 12.2. The van der Waals surface area contributed by atoms with E-state index in [0.29, 0.717) is 5.56 Å². The molecule has 0 bridgehead atoms. The summed E-state index contributed by atoms with van der Waals surface area (Å²) in [7, 11) is 0. The highest BCUT2D eigenvalue weighted by atomic mass is 16.4. The van der Waals surface area contributed by atoms with Crippen molar-refractivity contribution in [3.8, 4) is 5.75 Å². The number of carboxylic acid groups (broad SMARTS) is 1. The summed E-state index contributed by atoms with van der Waals surface area (Å²) in [5.41, 5.74) is 7.35. The second-order valence-electron chi connectivity index (χ2n) is 7.79. The number of nitrogens with two attached hydrogens (primary N) is 1. The van der Waals surface area contributed by atoms with E-state index in [2.05, 4.69) is 10.6 Å². The van der Waals surface area contributed by atoms with Crippen molar-refractivity contribution in [2.45, 2.75) is 44.8 Å². The first kappa shape index (κ1) is 23.9. The van der Waals surface area contributed by atoms with Crippen LogP contribution in [0.1, 0.15) is 25.0 Å². The highest BCUT2D eigenvalue weighted by molar-refractivity contribution is 5.92. The van der Waals surface area contributed by atoms with Gasteiger partial charge in [-0.1, -0.05) is 56.3 Å². The quantitative estimate of drug-likeness (QED) is 0.386. The van der Waals surface area contributed by atoms with Gasteiger partial charge < -0.3 is 26.6 Å². The van der Waals surface area contributed by atoms with E-state index in [-0.39, 0.29) is 24.5 Å². The van der Waals surface area contributed by atoms with Crippen LogP contribution in [0.15, 0.2) is 54.6 Å². The van der Waals surface area contributed by atoms with Crippen molar-refractivity contribution in [3.63, 3.8) is 0 Å². The van der Waals surface area contributed by atoms with Crippen LogP contribution in [0.4, 0.5) is 0 Å². The monoisotopic (exact) mass is 427 g/mol. The zero-order chi connectivity index (χ0) is 23.0. The van der Waals surface area contributed by atoms with Gasteiger partial charge in [0.2, 0.25) is 11.8 Å². The van der Waals surface area contributed by atoms with E-state index in [0.717, 1.165) is 5.56 Å². The number of phenolic OH excluding ortho intramolecular Hbond substituents is 1. The number of carbonyl (C=O) groups is 3. The first-order valence-electron chi connectivity index (χ1n) is 10.1. The van der Waals surface area contributed by atoms with Crippen LogP contribution in [-0.4, -0.2) is 46.1 Å². The van der Waals surface area contributed by atoms with Gasteiger partial charge in [-0.15, -0.1) is 0 Å². The average molecular weight is 428 g/mol.